The van der Waals surface area contributed by atoms with E-state index in [0.29, 0.717) is 11.4 Å². The van der Waals surface area contributed by atoms with Crippen molar-refractivity contribution in [2.45, 2.75) is 13.1 Å². The minimum Gasteiger partial charge on any atom is -0.342 e. The Morgan fingerprint density at radius 2 is 1.50 bits per heavy atom. The normalized spacial score (nSPS) is 15.0. The molecule has 4 nitrogen and oxygen atoms in total. The van der Waals surface area contributed by atoms with Gasteiger partial charge in [-0.1, -0.05) is 88.7 Å². The summed E-state index contributed by atoms with van der Waals surface area (Å²) in [7, 11) is 0. The van der Waals surface area contributed by atoms with Crippen LogP contribution in [0.4, 0.5) is 4.79 Å². The third-order valence-electron chi connectivity index (χ3n) is 6.45. The van der Waals surface area contributed by atoms with Crippen molar-refractivity contribution >= 4 is 66.6 Å². The summed E-state index contributed by atoms with van der Waals surface area (Å²) in [5, 5.41) is 2.96. The van der Waals surface area contributed by atoms with E-state index in [1.54, 1.807) is 0 Å². The minimum atomic E-state index is -0.248. The van der Waals surface area contributed by atoms with E-state index < -0.39 is 0 Å². The second kappa shape index (κ2) is 9.45. The van der Waals surface area contributed by atoms with E-state index in [-0.39, 0.29) is 17.7 Å². The Hall–Kier alpha value is -3.61. The van der Waals surface area contributed by atoms with Gasteiger partial charge in [0.25, 0.3) is 11.1 Å². The molecule has 1 saturated heterocycles. The monoisotopic (exact) mass is 552 g/mol. The van der Waals surface area contributed by atoms with Gasteiger partial charge in [0.05, 0.1) is 11.4 Å². The van der Waals surface area contributed by atoms with Crippen molar-refractivity contribution in [3.05, 3.63) is 123 Å². The number of halogens is 1. The van der Waals surface area contributed by atoms with Crippen LogP contribution >= 0.6 is 27.7 Å². The lowest BCUT2D eigenvalue weighted by Gasteiger charge is -2.14. The fourth-order valence-corrected chi connectivity index (χ4v) is 5.78. The molecule has 0 aliphatic carbocycles. The number of hydrogen-bond donors (Lipinski definition) is 0. The van der Waals surface area contributed by atoms with Gasteiger partial charge in [0.15, 0.2) is 0 Å². The Bertz CT molecular complexity index is 1660. The summed E-state index contributed by atoms with van der Waals surface area (Å²) in [5.74, 6) is -0.248. The second-order valence-electron chi connectivity index (χ2n) is 8.76. The van der Waals surface area contributed by atoms with Crippen LogP contribution in [0.3, 0.4) is 0 Å². The zero-order chi connectivity index (χ0) is 24.6. The van der Waals surface area contributed by atoms with E-state index in [4.69, 9.17) is 0 Å². The Balaban J connectivity index is 1.32. The first-order chi connectivity index (χ1) is 17.6. The van der Waals surface area contributed by atoms with Crippen LogP contribution in [0.25, 0.3) is 27.8 Å². The zero-order valence-electron chi connectivity index (χ0n) is 19.2. The van der Waals surface area contributed by atoms with E-state index >= 15 is 0 Å². The third kappa shape index (κ3) is 4.27. The fourth-order valence-electron chi connectivity index (χ4n) is 4.69. The molecule has 0 N–H and O–H groups in total. The molecule has 6 rings (SSSR count). The highest BCUT2D eigenvalue weighted by atomic mass is 79.9. The number of imide groups is 1. The third-order valence-corrected chi connectivity index (χ3v) is 7.89. The molecule has 0 bridgehead atoms. The maximum atomic E-state index is 13.3. The van der Waals surface area contributed by atoms with Gasteiger partial charge in [-0.2, -0.15) is 0 Å². The SMILES string of the molecule is O=C1S/C(=C\c2cn(Cc3ccc(Br)cc3)c3ccccc23)C(=O)N1Cc1cccc2ccccc12. The molecule has 1 aliphatic heterocycles. The van der Waals surface area contributed by atoms with Gasteiger partial charge >= 0.3 is 0 Å². The topological polar surface area (TPSA) is 42.3 Å². The van der Waals surface area contributed by atoms with Gasteiger partial charge in [-0.25, -0.2) is 0 Å². The van der Waals surface area contributed by atoms with Crippen molar-refractivity contribution in [2.75, 3.05) is 0 Å². The Labute approximate surface area is 221 Å². The summed E-state index contributed by atoms with van der Waals surface area (Å²) in [6.07, 6.45) is 3.92. The molecule has 0 atom stereocenters. The molecule has 0 spiro atoms. The average molecular weight is 553 g/mol. The van der Waals surface area contributed by atoms with Crippen LogP contribution in [0.2, 0.25) is 0 Å². The standard InChI is InChI=1S/C30H21BrN2O2S/c31-24-14-12-20(13-15-24)17-32-18-23(26-10-3-4-11-27(26)32)16-28-29(34)33(30(35)36-28)19-22-8-5-7-21-6-1-2-9-25(21)22/h1-16,18H,17,19H2/b28-16-. The summed E-state index contributed by atoms with van der Waals surface area (Å²) in [6.45, 7) is 0.971. The molecule has 1 fully saturated rings. The lowest BCUT2D eigenvalue weighted by atomic mass is 10.0. The van der Waals surface area contributed by atoms with Crippen molar-refractivity contribution < 1.29 is 9.59 Å². The molecule has 176 valence electrons. The largest absolute Gasteiger partial charge is 0.342 e. The van der Waals surface area contributed by atoms with Crippen LogP contribution in [-0.2, 0) is 17.9 Å². The van der Waals surface area contributed by atoms with Gasteiger partial charge in [-0.05, 0) is 57.9 Å². The van der Waals surface area contributed by atoms with Crippen molar-refractivity contribution in [1.29, 1.82) is 0 Å². The summed E-state index contributed by atoms with van der Waals surface area (Å²) in [5.41, 5.74) is 4.16. The predicted molar refractivity (Wildman–Crippen MR) is 151 cm³/mol. The lowest BCUT2D eigenvalue weighted by molar-refractivity contribution is -0.123. The number of rotatable bonds is 5. The van der Waals surface area contributed by atoms with Crippen LogP contribution in [0.1, 0.15) is 16.7 Å². The van der Waals surface area contributed by atoms with Crippen LogP contribution in [-0.4, -0.2) is 20.6 Å². The number of nitrogens with zero attached hydrogens (tertiary/aromatic N) is 2. The van der Waals surface area contributed by atoms with Gasteiger partial charge in [0, 0.05) is 33.7 Å². The first kappa shape index (κ1) is 22.8. The van der Waals surface area contributed by atoms with E-state index in [1.807, 2.05) is 72.8 Å². The van der Waals surface area contributed by atoms with Crippen molar-refractivity contribution in [2.24, 2.45) is 0 Å². The summed E-state index contributed by atoms with van der Waals surface area (Å²) >= 11 is 4.50. The fraction of sp³-hybridized carbons (Fsp3) is 0.0667. The molecule has 0 unspecified atom stereocenters. The summed E-state index contributed by atoms with van der Waals surface area (Å²) < 4.78 is 3.23. The number of carbonyl (C=O) groups excluding carboxylic acids is 2. The Morgan fingerprint density at radius 1 is 0.778 bits per heavy atom. The van der Waals surface area contributed by atoms with Crippen LogP contribution in [0.5, 0.6) is 0 Å². The molecule has 36 heavy (non-hydrogen) atoms. The minimum absolute atomic E-state index is 0.238. The number of fused-ring (bicyclic) bond motifs is 2. The van der Waals surface area contributed by atoms with Crippen LogP contribution < -0.4 is 0 Å². The van der Waals surface area contributed by atoms with E-state index in [1.165, 1.54) is 10.5 Å². The summed E-state index contributed by atoms with van der Waals surface area (Å²) in [4.78, 5) is 28.0. The van der Waals surface area contributed by atoms with Gasteiger partial charge in [-0.15, -0.1) is 0 Å². The zero-order valence-corrected chi connectivity index (χ0v) is 21.6. The number of thioether (sulfide) groups is 1. The average Bonchev–Trinajstić information content (AvgIpc) is 3.37. The molecule has 5 aromatic rings. The Kier molecular flexibility index (Phi) is 5.99. The Morgan fingerprint density at radius 3 is 2.33 bits per heavy atom. The van der Waals surface area contributed by atoms with Crippen molar-refractivity contribution in [1.82, 2.24) is 9.47 Å². The highest BCUT2D eigenvalue weighted by Gasteiger charge is 2.35. The summed E-state index contributed by atoms with van der Waals surface area (Å²) in [6, 6.07) is 30.4. The molecule has 0 saturated carbocycles. The predicted octanol–water partition coefficient (Wildman–Crippen LogP) is 7.84. The number of aromatic nitrogens is 1. The van der Waals surface area contributed by atoms with Crippen molar-refractivity contribution in [3.63, 3.8) is 0 Å². The van der Waals surface area contributed by atoms with Crippen molar-refractivity contribution in [3.8, 4) is 0 Å². The number of hydrogen-bond acceptors (Lipinski definition) is 3. The number of para-hydroxylation sites is 1. The maximum Gasteiger partial charge on any atom is 0.293 e. The van der Waals surface area contributed by atoms with Gasteiger partial charge < -0.3 is 4.57 Å². The maximum absolute atomic E-state index is 13.3. The van der Waals surface area contributed by atoms with Gasteiger partial charge in [0.2, 0.25) is 0 Å². The van der Waals surface area contributed by atoms with E-state index in [0.717, 1.165) is 49.0 Å². The number of amides is 2. The smallest absolute Gasteiger partial charge is 0.293 e. The molecular weight excluding hydrogens is 532 g/mol. The quantitative estimate of drug-likeness (QED) is 0.208. The molecule has 2 heterocycles. The highest BCUT2D eigenvalue weighted by Crippen LogP contribution is 2.36. The van der Waals surface area contributed by atoms with Crippen LogP contribution in [0, 0.1) is 0 Å². The lowest BCUT2D eigenvalue weighted by Crippen LogP contribution is -2.27. The van der Waals surface area contributed by atoms with Gasteiger partial charge in [0.1, 0.15) is 0 Å². The van der Waals surface area contributed by atoms with Gasteiger partial charge in [-0.3, -0.25) is 14.5 Å². The second-order valence-corrected chi connectivity index (χ2v) is 10.7. The number of carbonyl (C=O) groups is 2. The molecule has 1 aromatic heterocycles. The van der Waals surface area contributed by atoms with E-state index in [2.05, 4.69) is 51.0 Å². The molecule has 1 aliphatic rings. The molecular formula is C30H21BrN2O2S. The molecule has 0 radical (unpaired) electrons. The molecule has 4 aromatic carbocycles. The first-order valence-electron chi connectivity index (χ1n) is 11.6. The van der Waals surface area contributed by atoms with E-state index in [9.17, 15) is 9.59 Å². The highest BCUT2D eigenvalue weighted by molar-refractivity contribution is 9.10. The van der Waals surface area contributed by atoms with Crippen LogP contribution in [0.15, 0.2) is 107 Å². The molecule has 6 heteroatoms. The number of benzene rings is 4. The first-order valence-corrected chi connectivity index (χ1v) is 13.2. The molecule has 2 amide bonds.